The van der Waals surface area contributed by atoms with Gasteiger partial charge in [0.25, 0.3) is 0 Å². The number of nitrogens with one attached hydrogen (secondary N) is 1. The molecule has 3 N–H and O–H groups in total. The van der Waals surface area contributed by atoms with Gasteiger partial charge in [-0.15, -0.1) is 0 Å². The van der Waals surface area contributed by atoms with Gasteiger partial charge in [0.2, 0.25) is 0 Å². The summed E-state index contributed by atoms with van der Waals surface area (Å²) in [5.74, 6) is 0.574. The molecule has 0 aliphatic heterocycles. The minimum atomic E-state index is 0.265. The van der Waals surface area contributed by atoms with E-state index in [-0.39, 0.29) is 6.04 Å². The average molecular weight is 348 g/mol. The van der Waals surface area contributed by atoms with Crippen molar-refractivity contribution in [3.63, 3.8) is 0 Å². The van der Waals surface area contributed by atoms with Crippen LogP contribution in [0.15, 0.2) is 41.0 Å². The van der Waals surface area contributed by atoms with Crippen LogP contribution in [0.4, 0.5) is 5.82 Å². The smallest absolute Gasteiger partial charge is 0.123 e. The van der Waals surface area contributed by atoms with Gasteiger partial charge in [0.15, 0.2) is 0 Å². The van der Waals surface area contributed by atoms with Crippen LogP contribution in [0.25, 0.3) is 0 Å². The van der Waals surface area contributed by atoms with Crippen LogP contribution in [0.3, 0.4) is 0 Å². The van der Waals surface area contributed by atoms with Gasteiger partial charge in [-0.2, -0.15) is 0 Å². The molecule has 4 heteroatoms. The molecule has 0 saturated heterocycles. The number of hydrogen-bond acceptors (Lipinski definition) is 3. The van der Waals surface area contributed by atoms with E-state index in [4.69, 9.17) is 5.73 Å². The number of anilines is 1. The van der Waals surface area contributed by atoms with Gasteiger partial charge < -0.3 is 11.1 Å². The lowest BCUT2D eigenvalue weighted by Crippen LogP contribution is -2.24. The predicted molar refractivity (Wildman–Crippen MR) is 92.3 cm³/mol. The summed E-state index contributed by atoms with van der Waals surface area (Å²) in [5.41, 5.74) is 9.52. The molecule has 0 amide bonds. The molecule has 1 aromatic heterocycles. The Bertz CT molecular complexity index is 598. The second-order valence-electron chi connectivity index (χ2n) is 5.32. The second kappa shape index (κ2) is 7.57. The van der Waals surface area contributed by atoms with Crippen molar-refractivity contribution in [3.8, 4) is 0 Å². The number of pyridine rings is 1. The Balaban J connectivity index is 2.25. The first-order valence-electron chi connectivity index (χ1n) is 7.30. The van der Waals surface area contributed by atoms with Crippen LogP contribution >= 0.6 is 15.9 Å². The third-order valence-corrected chi connectivity index (χ3v) is 4.14. The van der Waals surface area contributed by atoms with Crippen molar-refractivity contribution in [1.82, 2.24) is 10.3 Å². The zero-order chi connectivity index (χ0) is 15.2. The molecule has 0 saturated carbocycles. The van der Waals surface area contributed by atoms with E-state index in [1.165, 1.54) is 16.7 Å². The fourth-order valence-corrected chi connectivity index (χ4v) is 3.15. The van der Waals surface area contributed by atoms with Crippen molar-refractivity contribution in [2.75, 3.05) is 12.3 Å². The van der Waals surface area contributed by atoms with E-state index in [9.17, 15) is 0 Å². The van der Waals surface area contributed by atoms with Gasteiger partial charge in [-0.3, -0.25) is 0 Å². The average Bonchev–Trinajstić information content (AvgIpc) is 2.44. The number of nitrogens with two attached hydrogens (primary N) is 1. The number of aryl methyl sites for hydroxylation is 1. The Labute approximate surface area is 135 Å². The molecular weight excluding hydrogens is 326 g/mol. The molecule has 1 aromatic carbocycles. The molecule has 0 spiro atoms. The summed E-state index contributed by atoms with van der Waals surface area (Å²) in [6.07, 6.45) is 3.78. The van der Waals surface area contributed by atoms with Crippen LogP contribution in [0.1, 0.15) is 36.1 Å². The molecule has 1 atom stereocenters. The summed E-state index contributed by atoms with van der Waals surface area (Å²) in [6.45, 7) is 5.27. The lowest BCUT2D eigenvalue weighted by molar-refractivity contribution is 0.527. The van der Waals surface area contributed by atoms with Gasteiger partial charge in [-0.1, -0.05) is 35.0 Å². The van der Waals surface area contributed by atoms with E-state index < -0.39 is 0 Å². The third kappa shape index (κ3) is 4.55. The molecule has 2 rings (SSSR count). The largest absolute Gasteiger partial charge is 0.384 e. The van der Waals surface area contributed by atoms with Crippen molar-refractivity contribution in [1.29, 1.82) is 0 Å². The third-order valence-electron chi connectivity index (χ3n) is 3.46. The zero-order valence-electron chi connectivity index (χ0n) is 12.6. The van der Waals surface area contributed by atoms with Crippen molar-refractivity contribution in [2.24, 2.45) is 0 Å². The maximum atomic E-state index is 5.78. The number of nitrogens with zero attached hydrogens (tertiary/aromatic N) is 1. The van der Waals surface area contributed by atoms with Crippen LogP contribution in [0, 0.1) is 6.92 Å². The quantitative estimate of drug-likeness (QED) is 0.829. The Kier molecular flexibility index (Phi) is 5.76. The molecular formula is C17H22BrN3. The Morgan fingerprint density at radius 1 is 1.29 bits per heavy atom. The van der Waals surface area contributed by atoms with Crippen LogP contribution in [-0.4, -0.2) is 11.5 Å². The summed E-state index contributed by atoms with van der Waals surface area (Å²) in [7, 11) is 0. The van der Waals surface area contributed by atoms with Gasteiger partial charge in [0.05, 0.1) is 0 Å². The molecule has 2 aromatic rings. The van der Waals surface area contributed by atoms with Crippen molar-refractivity contribution in [2.45, 2.75) is 32.7 Å². The summed E-state index contributed by atoms with van der Waals surface area (Å²) < 4.78 is 1.15. The van der Waals surface area contributed by atoms with E-state index in [1.807, 2.05) is 12.1 Å². The van der Waals surface area contributed by atoms with Crippen molar-refractivity contribution < 1.29 is 0 Å². The van der Waals surface area contributed by atoms with E-state index >= 15 is 0 Å². The van der Waals surface area contributed by atoms with E-state index in [1.54, 1.807) is 6.20 Å². The number of aromatic nitrogens is 1. The molecule has 0 radical (unpaired) electrons. The fourth-order valence-electron chi connectivity index (χ4n) is 2.38. The van der Waals surface area contributed by atoms with Gasteiger partial charge >= 0.3 is 0 Å². The highest BCUT2D eigenvalue weighted by molar-refractivity contribution is 9.10. The maximum Gasteiger partial charge on any atom is 0.123 e. The molecule has 0 fully saturated rings. The minimum absolute atomic E-state index is 0.265. The summed E-state index contributed by atoms with van der Waals surface area (Å²) in [5, 5.41) is 3.62. The van der Waals surface area contributed by atoms with Gasteiger partial charge in [-0.25, -0.2) is 4.98 Å². The minimum Gasteiger partial charge on any atom is -0.384 e. The highest BCUT2D eigenvalue weighted by Gasteiger charge is 2.15. The molecule has 1 unspecified atom stereocenters. The summed E-state index contributed by atoms with van der Waals surface area (Å²) >= 11 is 3.69. The number of rotatable bonds is 6. The van der Waals surface area contributed by atoms with Crippen LogP contribution < -0.4 is 11.1 Å². The first-order chi connectivity index (χ1) is 10.1. The fraction of sp³-hybridized carbons (Fsp3) is 0.353. The second-order valence-corrected chi connectivity index (χ2v) is 6.18. The normalized spacial score (nSPS) is 12.3. The van der Waals surface area contributed by atoms with Crippen LogP contribution in [0.5, 0.6) is 0 Å². The summed E-state index contributed by atoms with van der Waals surface area (Å²) in [4.78, 5) is 4.06. The molecule has 21 heavy (non-hydrogen) atoms. The maximum absolute atomic E-state index is 5.78. The lowest BCUT2D eigenvalue weighted by Gasteiger charge is -2.21. The molecule has 0 aliphatic rings. The highest BCUT2D eigenvalue weighted by Crippen LogP contribution is 2.27. The van der Waals surface area contributed by atoms with Gasteiger partial charge in [-0.05, 0) is 61.2 Å². The Hall–Kier alpha value is -1.39. The van der Waals surface area contributed by atoms with Gasteiger partial charge in [0, 0.05) is 16.7 Å². The van der Waals surface area contributed by atoms with Crippen molar-refractivity contribution >= 4 is 21.7 Å². The topological polar surface area (TPSA) is 50.9 Å². The SMILES string of the molecule is CCCNC(Cc1ccnc(N)c1)c1ccc(C)cc1Br. The monoisotopic (exact) mass is 347 g/mol. The van der Waals surface area contributed by atoms with Gasteiger partial charge in [0.1, 0.15) is 5.82 Å². The zero-order valence-corrected chi connectivity index (χ0v) is 14.2. The lowest BCUT2D eigenvalue weighted by atomic mass is 9.98. The highest BCUT2D eigenvalue weighted by atomic mass is 79.9. The number of benzene rings is 1. The van der Waals surface area contributed by atoms with Crippen LogP contribution in [0.2, 0.25) is 0 Å². The Morgan fingerprint density at radius 3 is 2.76 bits per heavy atom. The number of nitrogen functional groups attached to an aromatic ring is 1. The predicted octanol–water partition coefficient (Wildman–Crippen LogP) is 4.02. The standard InChI is InChI=1S/C17H22BrN3/c1-3-7-20-16(10-13-6-8-21-17(19)11-13)14-5-4-12(2)9-15(14)18/h4-6,8-9,11,16,20H,3,7,10H2,1-2H3,(H2,19,21). The van der Waals surface area contributed by atoms with E-state index in [0.29, 0.717) is 5.82 Å². The first kappa shape index (κ1) is 16.0. The molecule has 112 valence electrons. The molecule has 3 nitrogen and oxygen atoms in total. The molecule has 0 bridgehead atoms. The van der Waals surface area contributed by atoms with E-state index in [0.717, 1.165) is 23.9 Å². The molecule has 0 aliphatic carbocycles. The Morgan fingerprint density at radius 2 is 2.10 bits per heavy atom. The summed E-state index contributed by atoms with van der Waals surface area (Å²) in [6, 6.07) is 10.7. The number of hydrogen-bond donors (Lipinski definition) is 2. The van der Waals surface area contributed by atoms with Crippen LogP contribution in [-0.2, 0) is 6.42 Å². The number of halogens is 1. The van der Waals surface area contributed by atoms with E-state index in [2.05, 4.69) is 58.3 Å². The molecule has 1 heterocycles. The van der Waals surface area contributed by atoms with Crippen molar-refractivity contribution in [3.05, 3.63) is 57.7 Å². The first-order valence-corrected chi connectivity index (χ1v) is 8.09.